The summed E-state index contributed by atoms with van der Waals surface area (Å²) in [6.45, 7) is 11.2. The summed E-state index contributed by atoms with van der Waals surface area (Å²) in [4.78, 5) is 25.6. The van der Waals surface area contributed by atoms with E-state index in [-0.39, 0.29) is 17.7 Å². The summed E-state index contributed by atoms with van der Waals surface area (Å²) in [5, 5.41) is 9.36. The molecular formula is C14H25NO3. The van der Waals surface area contributed by atoms with E-state index in [1.165, 1.54) is 0 Å². The first-order chi connectivity index (χ1) is 8.27. The van der Waals surface area contributed by atoms with Gasteiger partial charge in [0.2, 0.25) is 5.91 Å². The average molecular weight is 255 g/mol. The van der Waals surface area contributed by atoms with Crippen LogP contribution in [0.4, 0.5) is 0 Å². The highest BCUT2D eigenvalue weighted by Crippen LogP contribution is 2.58. The van der Waals surface area contributed by atoms with Gasteiger partial charge in [0.25, 0.3) is 0 Å². The van der Waals surface area contributed by atoms with Gasteiger partial charge < -0.3 is 10.0 Å². The van der Waals surface area contributed by atoms with Gasteiger partial charge >= 0.3 is 5.97 Å². The van der Waals surface area contributed by atoms with Crippen LogP contribution < -0.4 is 0 Å². The van der Waals surface area contributed by atoms with Gasteiger partial charge in [-0.2, -0.15) is 0 Å². The van der Waals surface area contributed by atoms with Crippen molar-refractivity contribution in [3.8, 4) is 0 Å². The van der Waals surface area contributed by atoms with E-state index in [1.807, 2.05) is 20.8 Å². The van der Waals surface area contributed by atoms with E-state index < -0.39 is 11.4 Å². The Labute approximate surface area is 109 Å². The van der Waals surface area contributed by atoms with Crippen LogP contribution in [-0.2, 0) is 9.59 Å². The van der Waals surface area contributed by atoms with E-state index in [0.29, 0.717) is 25.4 Å². The molecule has 4 nitrogen and oxygen atoms in total. The van der Waals surface area contributed by atoms with Crippen molar-refractivity contribution in [2.45, 2.75) is 41.0 Å². The number of amides is 1. The minimum absolute atomic E-state index is 0.00158. The maximum Gasteiger partial charge on any atom is 0.310 e. The minimum atomic E-state index is -0.823. The number of rotatable bonds is 6. The summed E-state index contributed by atoms with van der Waals surface area (Å²) < 4.78 is 0. The molecule has 1 aliphatic carbocycles. The Hall–Kier alpha value is -1.06. The molecule has 1 N–H and O–H groups in total. The van der Waals surface area contributed by atoms with Crippen molar-refractivity contribution >= 4 is 11.9 Å². The lowest BCUT2D eigenvalue weighted by atomic mass is 9.89. The molecule has 0 aromatic carbocycles. The number of carboxylic acids is 1. The summed E-state index contributed by atoms with van der Waals surface area (Å²) in [5.74, 6) is -0.722. The average Bonchev–Trinajstić information content (AvgIpc) is 3.01. The molecule has 0 heterocycles. The largest absolute Gasteiger partial charge is 0.481 e. The highest BCUT2D eigenvalue weighted by atomic mass is 16.4. The smallest absolute Gasteiger partial charge is 0.310 e. The number of nitrogens with zero attached hydrogens (tertiary/aromatic N) is 1. The van der Waals surface area contributed by atoms with Gasteiger partial charge in [0.15, 0.2) is 0 Å². The predicted molar refractivity (Wildman–Crippen MR) is 70.1 cm³/mol. The van der Waals surface area contributed by atoms with Crippen molar-refractivity contribution in [2.24, 2.45) is 23.2 Å². The molecule has 1 rings (SSSR count). The number of carbonyl (C=O) groups is 2. The molecule has 0 bridgehead atoms. The van der Waals surface area contributed by atoms with Crippen LogP contribution in [0.25, 0.3) is 0 Å². The molecule has 0 spiro atoms. The minimum Gasteiger partial charge on any atom is -0.481 e. The molecule has 2 atom stereocenters. The maximum absolute atomic E-state index is 12.4. The number of hydrogen-bond donors (Lipinski definition) is 1. The van der Waals surface area contributed by atoms with Gasteiger partial charge in [-0.3, -0.25) is 9.59 Å². The Morgan fingerprint density at radius 2 is 1.89 bits per heavy atom. The van der Waals surface area contributed by atoms with Gasteiger partial charge in [-0.15, -0.1) is 0 Å². The second-order valence-electron chi connectivity index (χ2n) is 6.03. The number of carbonyl (C=O) groups excluding carboxylic acids is 1. The summed E-state index contributed by atoms with van der Waals surface area (Å²) in [6.07, 6.45) is 0.493. The zero-order chi connectivity index (χ0) is 14.1. The molecule has 0 saturated heterocycles. The molecule has 18 heavy (non-hydrogen) atoms. The lowest BCUT2D eigenvalue weighted by molar-refractivity contribution is -0.149. The second-order valence-corrected chi connectivity index (χ2v) is 6.03. The Balaban J connectivity index is 2.78. The van der Waals surface area contributed by atoms with Gasteiger partial charge in [0.1, 0.15) is 0 Å². The van der Waals surface area contributed by atoms with Crippen molar-refractivity contribution in [3.05, 3.63) is 0 Å². The summed E-state index contributed by atoms with van der Waals surface area (Å²) in [6, 6.07) is 0. The Morgan fingerprint density at radius 1 is 1.33 bits per heavy atom. The molecule has 0 aliphatic heterocycles. The van der Waals surface area contributed by atoms with Gasteiger partial charge in [0, 0.05) is 13.1 Å². The highest BCUT2D eigenvalue weighted by Gasteiger charge is 2.66. The van der Waals surface area contributed by atoms with Crippen molar-refractivity contribution in [2.75, 3.05) is 13.1 Å². The molecular weight excluding hydrogens is 230 g/mol. The first-order valence-corrected chi connectivity index (χ1v) is 6.79. The number of hydrogen-bond acceptors (Lipinski definition) is 2. The van der Waals surface area contributed by atoms with Crippen LogP contribution in [0, 0.1) is 23.2 Å². The number of aliphatic carboxylic acids is 1. The molecule has 1 aliphatic rings. The Morgan fingerprint density at radius 3 is 2.17 bits per heavy atom. The fourth-order valence-corrected chi connectivity index (χ4v) is 2.74. The summed E-state index contributed by atoms with van der Waals surface area (Å²) >= 11 is 0. The topological polar surface area (TPSA) is 57.6 Å². The third-order valence-corrected chi connectivity index (χ3v) is 4.01. The summed E-state index contributed by atoms with van der Waals surface area (Å²) in [5.41, 5.74) is -0.818. The Bertz CT molecular complexity index is 338. The molecule has 1 amide bonds. The van der Waals surface area contributed by atoms with E-state index in [9.17, 15) is 14.7 Å². The fourth-order valence-electron chi connectivity index (χ4n) is 2.74. The van der Waals surface area contributed by atoms with Crippen molar-refractivity contribution in [1.82, 2.24) is 4.90 Å². The normalized spacial score (nSPS) is 26.5. The lowest BCUT2D eigenvalue weighted by Crippen LogP contribution is -2.38. The molecule has 0 aromatic rings. The third kappa shape index (κ3) is 2.52. The third-order valence-electron chi connectivity index (χ3n) is 4.01. The van der Waals surface area contributed by atoms with Crippen LogP contribution in [0.15, 0.2) is 0 Å². The zero-order valence-electron chi connectivity index (χ0n) is 12.1. The summed E-state index contributed by atoms with van der Waals surface area (Å²) in [7, 11) is 0. The first kappa shape index (κ1) is 15.0. The lowest BCUT2D eigenvalue weighted by Gasteiger charge is -2.25. The molecule has 0 radical (unpaired) electrons. The SMILES string of the molecule is CCN(CC(C)C)C(=O)C1CC1(C(=O)O)C(C)C. The molecule has 4 heteroatoms. The van der Waals surface area contributed by atoms with Crippen LogP contribution in [-0.4, -0.2) is 35.0 Å². The predicted octanol–water partition coefficient (Wildman–Crippen LogP) is 2.24. The monoisotopic (exact) mass is 255 g/mol. The Kier molecular flexibility index (Phi) is 4.41. The van der Waals surface area contributed by atoms with Crippen LogP contribution in [0.5, 0.6) is 0 Å². The van der Waals surface area contributed by atoms with Crippen molar-refractivity contribution < 1.29 is 14.7 Å². The molecule has 1 fully saturated rings. The quantitative estimate of drug-likeness (QED) is 0.792. The van der Waals surface area contributed by atoms with Crippen LogP contribution in [0.1, 0.15) is 41.0 Å². The van der Waals surface area contributed by atoms with Crippen molar-refractivity contribution in [3.63, 3.8) is 0 Å². The van der Waals surface area contributed by atoms with Gasteiger partial charge in [-0.05, 0) is 25.2 Å². The van der Waals surface area contributed by atoms with E-state index in [2.05, 4.69) is 13.8 Å². The van der Waals surface area contributed by atoms with Gasteiger partial charge in [-0.1, -0.05) is 27.7 Å². The van der Waals surface area contributed by atoms with E-state index in [1.54, 1.807) is 4.90 Å². The van der Waals surface area contributed by atoms with Gasteiger partial charge in [-0.25, -0.2) is 0 Å². The molecule has 1 saturated carbocycles. The standard InChI is InChI=1S/C14H25NO3/c1-6-15(8-9(2)3)12(16)11-7-14(11,10(4)5)13(17)18/h9-11H,6-8H2,1-5H3,(H,17,18). The maximum atomic E-state index is 12.4. The van der Waals surface area contributed by atoms with Crippen LogP contribution in [0.2, 0.25) is 0 Å². The molecule has 104 valence electrons. The molecule has 0 aromatic heterocycles. The van der Waals surface area contributed by atoms with Crippen molar-refractivity contribution in [1.29, 1.82) is 0 Å². The number of carboxylic acid groups (broad SMARTS) is 1. The van der Waals surface area contributed by atoms with Crippen LogP contribution >= 0.6 is 0 Å². The first-order valence-electron chi connectivity index (χ1n) is 6.79. The second kappa shape index (κ2) is 5.29. The highest BCUT2D eigenvalue weighted by molar-refractivity contribution is 5.93. The van der Waals surface area contributed by atoms with E-state index >= 15 is 0 Å². The van der Waals surface area contributed by atoms with E-state index in [4.69, 9.17) is 0 Å². The molecule has 2 unspecified atom stereocenters. The van der Waals surface area contributed by atoms with Gasteiger partial charge in [0.05, 0.1) is 11.3 Å². The van der Waals surface area contributed by atoms with E-state index in [0.717, 1.165) is 0 Å². The zero-order valence-corrected chi connectivity index (χ0v) is 12.1. The van der Waals surface area contributed by atoms with Crippen LogP contribution in [0.3, 0.4) is 0 Å². The fraction of sp³-hybridized carbons (Fsp3) is 0.857.